The zero-order valence-electron chi connectivity index (χ0n) is 17.0. The lowest BCUT2D eigenvalue weighted by molar-refractivity contribution is -0.164. The first kappa shape index (κ1) is 22.7. The van der Waals surface area contributed by atoms with Crippen LogP contribution in [-0.4, -0.2) is 24.6 Å². The Bertz CT molecular complexity index is 430. The molecule has 0 amide bonds. The predicted molar refractivity (Wildman–Crippen MR) is 105 cm³/mol. The topological polar surface area (TPSA) is 52.6 Å². The standard InChI is InChI=1S/C22H38O4/c1-4-6-7-8-9-10-11-14-17-25-21(23)19-15-12-13-16-20(19)22(24)26-18(3)5-2/h12-13,18-20H,4-11,14-17H2,1-3H3. The summed E-state index contributed by atoms with van der Waals surface area (Å²) >= 11 is 0. The van der Waals surface area contributed by atoms with Crippen LogP contribution in [0.4, 0.5) is 0 Å². The van der Waals surface area contributed by atoms with Crippen molar-refractivity contribution < 1.29 is 19.1 Å². The summed E-state index contributed by atoms with van der Waals surface area (Å²) < 4.78 is 10.9. The van der Waals surface area contributed by atoms with Gasteiger partial charge >= 0.3 is 11.9 Å². The molecule has 0 fully saturated rings. The third-order valence-electron chi connectivity index (χ3n) is 5.17. The molecule has 0 spiro atoms. The van der Waals surface area contributed by atoms with E-state index in [1.54, 1.807) is 0 Å². The van der Waals surface area contributed by atoms with Crippen molar-refractivity contribution in [1.82, 2.24) is 0 Å². The van der Waals surface area contributed by atoms with Crippen molar-refractivity contribution in [2.45, 2.75) is 97.5 Å². The zero-order valence-corrected chi connectivity index (χ0v) is 17.0. The number of carbonyl (C=O) groups is 2. The fourth-order valence-corrected chi connectivity index (χ4v) is 3.22. The first-order valence-corrected chi connectivity index (χ1v) is 10.6. The molecule has 0 saturated carbocycles. The number of carbonyl (C=O) groups excluding carboxylic acids is 2. The van der Waals surface area contributed by atoms with Crippen LogP contribution < -0.4 is 0 Å². The molecule has 0 saturated heterocycles. The highest BCUT2D eigenvalue weighted by Crippen LogP contribution is 2.28. The van der Waals surface area contributed by atoms with E-state index in [4.69, 9.17) is 9.47 Å². The van der Waals surface area contributed by atoms with Gasteiger partial charge in [-0.3, -0.25) is 9.59 Å². The molecule has 1 aliphatic rings. The minimum atomic E-state index is -0.403. The SMILES string of the molecule is CCCCCCCCCCOC(=O)C1CC=CCC1C(=O)OC(C)CC. The number of rotatable bonds is 13. The molecule has 4 heteroatoms. The van der Waals surface area contributed by atoms with Crippen LogP contribution in [0.5, 0.6) is 0 Å². The molecule has 0 aromatic heterocycles. The lowest BCUT2D eigenvalue weighted by Gasteiger charge is -2.26. The van der Waals surface area contributed by atoms with Crippen molar-refractivity contribution in [3.8, 4) is 0 Å². The van der Waals surface area contributed by atoms with Gasteiger partial charge in [0.2, 0.25) is 0 Å². The van der Waals surface area contributed by atoms with Gasteiger partial charge in [0.1, 0.15) is 0 Å². The van der Waals surface area contributed by atoms with Gasteiger partial charge in [0, 0.05) is 0 Å². The monoisotopic (exact) mass is 366 g/mol. The van der Waals surface area contributed by atoms with Crippen LogP contribution in [0.25, 0.3) is 0 Å². The van der Waals surface area contributed by atoms with Crippen molar-refractivity contribution in [3.05, 3.63) is 12.2 Å². The zero-order chi connectivity index (χ0) is 19.2. The number of hydrogen-bond acceptors (Lipinski definition) is 4. The van der Waals surface area contributed by atoms with Gasteiger partial charge in [0.25, 0.3) is 0 Å². The van der Waals surface area contributed by atoms with E-state index in [1.807, 2.05) is 26.0 Å². The van der Waals surface area contributed by atoms with Crippen molar-refractivity contribution in [2.24, 2.45) is 11.8 Å². The molecule has 4 nitrogen and oxygen atoms in total. The second-order valence-electron chi connectivity index (χ2n) is 7.45. The quantitative estimate of drug-likeness (QED) is 0.242. The van der Waals surface area contributed by atoms with Gasteiger partial charge in [-0.1, -0.05) is 70.9 Å². The van der Waals surface area contributed by atoms with E-state index in [9.17, 15) is 9.59 Å². The van der Waals surface area contributed by atoms with Crippen LogP contribution in [0.15, 0.2) is 12.2 Å². The van der Waals surface area contributed by atoms with Crippen LogP contribution in [0.1, 0.15) is 91.4 Å². The van der Waals surface area contributed by atoms with Gasteiger partial charge in [0.05, 0.1) is 24.5 Å². The molecule has 1 aliphatic carbocycles. The summed E-state index contributed by atoms with van der Waals surface area (Å²) in [5, 5.41) is 0. The third kappa shape index (κ3) is 8.86. The molecular formula is C22H38O4. The van der Waals surface area contributed by atoms with Crippen LogP contribution in [0, 0.1) is 11.8 Å². The molecule has 0 aliphatic heterocycles. The Labute approximate surface area is 159 Å². The Morgan fingerprint density at radius 3 is 2.00 bits per heavy atom. The second kappa shape index (κ2) is 13.8. The molecular weight excluding hydrogens is 328 g/mol. The normalized spacial score (nSPS) is 20.6. The first-order valence-electron chi connectivity index (χ1n) is 10.6. The Hall–Kier alpha value is -1.32. The maximum absolute atomic E-state index is 12.4. The van der Waals surface area contributed by atoms with Crippen LogP contribution >= 0.6 is 0 Å². The molecule has 0 aromatic carbocycles. The summed E-state index contributed by atoms with van der Waals surface area (Å²) in [7, 11) is 0. The summed E-state index contributed by atoms with van der Waals surface area (Å²) in [5.41, 5.74) is 0. The first-order chi connectivity index (χ1) is 12.6. The molecule has 3 unspecified atom stereocenters. The number of hydrogen-bond donors (Lipinski definition) is 0. The highest BCUT2D eigenvalue weighted by Gasteiger charge is 2.36. The smallest absolute Gasteiger partial charge is 0.310 e. The molecule has 26 heavy (non-hydrogen) atoms. The van der Waals surface area contributed by atoms with E-state index in [0.29, 0.717) is 19.4 Å². The Morgan fingerprint density at radius 1 is 0.885 bits per heavy atom. The number of esters is 2. The van der Waals surface area contributed by atoms with Crippen LogP contribution in [0.2, 0.25) is 0 Å². The average molecular weight is 367 g/mol. The molecule has 0 aromatic rings. The molecule has 150 valence electrons. The Balaban J connectivity index is 2.26. The molecule has 0 heterocycles. The van der Waals surface area contributed by atoms with Gasteiger partial charge in [-0.2, -0.15) is 0 Å². The van der Waals surface area contributed by atoms with Gasteiger partial charge in [-0.05, 0) is 32.6 Å². The minimum Gasteiger partial charge on any atom is -0.465 e. The molecule has 3 atom stereocenters. The summed E-state index contributed by atoms with van der Waals surface area (Å²) in [4.78, 5) is 24.8. The minimum absolute atomic E-state index is 0.109. The van der Waals surface area contributed by atoms with Gasteiger partial charge in [-0.15, -0.1) is 0 Å². The maximum atomic E-state index is 12.4. The number of allylic oxidation sites excluding steroid dienone is 2. The molecule has 0 radical (unpaired) electrons. The third-order valence-corrected chi connectivity index (χ3v) is 5.17. The van der Waals surface area contributed by atoms with E-state index in [-0.39, 0.29) is 18.0 Å². The van der Waals surface area contributed by atoms with E-state index in [0.717, 1.165) is 19.3 Å². The molecule has 0 bridgehead atoms. The van der Waals surface area contributed by atoms with E-state index in [1.165, 1.54) is 38.5 Å². The lowest BCUT2D eigenvalue weighted by Crippen LogP contribution is -2.35. The van der Waals surface area contributed by atoms with Crippen molar-refractivity contribution in [2.75, 3.05) is 6.61 Å². The van der Waals surface area contributed by atoms with Gasteiger partial charge in [0.15, 0.2) is 0 Å². The van der Waals surface area contributed by atoms with Crippen molar-refractivity contribution in [3.63, 3.8) is 0 Å². The fraction of sp³-hybridized carbons (Fsp3) is 0.818. The highest BCUT2D eigenvalue weighted by molar-refractivity contribution is 5.82. The number of ether oxygens (including phenoxy) is 2. The van der Waals surface area contributed by atoms with Crippen LogP contribution in [-0.2, 0) is 19.1 Å². The summed E-state index contributed by atoms with van der Waals surface area (Å²) in [6.45, 7) is 6.55. The fourth-order valence-electron chi connectivity index (χ4n) is 3.22. The molecule has 0 N–H and O–H groups in total. The second-order valence-corrected chi connectivity index (χ2v) is 7.45. The van der Waals surface area contributed by atoms with Gasteiger partial charge < -0.3 is 9.47 Å². The largest absolute Gasteiger partial charge is 0.465 e. The van der Waals surface area contributed by atoms with Gasteiger partial charge in [-0.25, -0.2) is 0 Å². The Morgan fingerprint density at radius 2 is 1.42 bits per heavy atom. The number of unbranched alkanes of at least 4 members (excludes halogenated alkanes) is 7. The highest BCUT2D eigenvalue weighted by atomic mass is 16.5. The van der Waals surface area contributed by atoms with Crippen molar-refractivity contribution >= 4 is 11.9 Å². The summed E-state index contributed by atoms with van der Waals surface area (Å²) in [6, 6.07) is 0. The lowest BCUT2D eigenvalue weighted by atomic mass is 9.83. The average Bonchev–Trinajstić information content (AvgIpc) is 2.66. The molecule has 1 rings (SSSR count). The predicted octanol–water partition coefficient (Wildman–Crippen LogP) is 5.59. The Kier molecular flexibility index (Phi) is 12.1. The van der Waals surface area contributed by atoms with E-state index in [2.05, 4.69) is 6.92 Å². The van der Waals surface area contributed by atoms with E-state index < -0.39 is 11.8 Å². The maximum Gasteiger partial charge on any atom is 0.310 e. The van der Waals surface area contributed by atoms with E-state index >= 15 is 0 Å². The van der Waals surface area contributed by atoms with Crippen molar-refractivity contribution in [1.29, 1.82) is 0 Å². The summed E-state index contributed by atoms with van der Waals surface area (Å²) in [6.07, 6.45) is 15.5. The van der Waals surface area contributed by atoms with Crippen LogP contribution in [0.3, 0.4) is 0 Å². The summed E-state index contributed by atoms with van der Waals surface area (Å²) in [5.74, 6) is -1.31.